The molecular weight excluding hydrogens is 278 g/mol. The lowest BCUT2D eigenvalue weighted by atomic mass is 9.91. The molecule has 0 unspecified atom stereocenters. The minimum absolute atomic E-state index is 0.253. The van der Waals surface area contributed by atoms with E-state index in [1.165, 1.54) is 0 Å². The highest BCUT2D eigenvalue weighted by Crippen LogP contribution is 2.19. The Balaban J connectivity index is 2.56. The van der Waals surface area contributed by atoms with Gasteiger partial charge < -0.3 is 15.5 Å². The van der Waals surface area contributed by atoms with Crippen LogP contribution in [0, 0.1) is 12.3 Å². The summed E-state index contributed by atoms with van der Waals surface area (Å²) < 4.78 is 0. The van der Waals surface area contributed by atoms with E-state index in [-0.39, 0.29) is 11.8 Å². The van der Waals surface area contributed by atoms with E-state index < -0.39 is 5.41 Å². The fourth-order valence-corrected chi connectivity index (χ4v) is 1.93. The maximum absolute atomic E-state index is 12.3. The predicted molar refractivity (Wildman–Crippen MR) is 89.8 cm³/mol. The lowest BCUT2D eigenvalue weighted by molar-refractivity contribution is -0.138. The molecule has 0 aliphatic carbocycles. The molecule has 22 heavy (non-hydrogen) atoms. The third-order valence-electron chi connectivity index (χ3n) is 3.48. The van der Waals surface area contributed by atoms with Crippen LogP contribution in [0.2, 0.25) is 0 Å². The summed E-state index contributed by atoms with van der Waals surface area (Å²) in [6, 6.07) is 7.52. The molecule has 5 nitrogen and oxygen atoms in total. The molecule has 0 radical (unpaired) electrons. The van der Waals surface area contributed by atoms with Crippen molar-refractivity contribution in [2.24, 2.45) is 5.41 Å². The van der Waals surface area contributed by atoms with Crippen LogP contribution in [0.1, 0.15) is 25.8 Å². The van der Waals surface area contributed by atoms with Crippen molar-refractivity contribution in [3.05, 3.63) is 29.8 Å². The van der Waals surface area contributed by atoms with Crippen molar-refractivity contribution in [2.75, 3.05) is 32.5 Å². The van der Waals surface area contributed by atoms with Crippen LogP contribution in [0.3, 0.4) is 0 Å². The van der Waals surface area contributed by atoms with Gasteiger partial charge in [0, 0.05) is 12.2 Å². The Morgan fingerprint density at radius 2 is 1.86 bits per heavy atom. The molecule has 122 valence electrons. The van der Waals surface area contributed by atoms with Gasteiger partial charge in [0.1, 0.15) is 5.41 Å². The zero-order valence-corrected chi connectivity index (χ0v) is 14.2. The lowest BCUT2D eigenvalue weighted by Gasteiger charge is -2.23. The Kier molecular flexibility index (Phi) is 6.56. The highest BCUT2D eigenvalue weighted by Gasteiger charge is 2.35. The highest BCUT2D eigenvalue weighted by molar-refractivity contribution is 6.09. The van der Waals surface area contributed by atoms with Crippen LogP contribution in [0.5, 0.6) is 0 Å². The molecule has 0 saturated heterocycles. The van der Waals surface area contributed by atoms with E-state index >= 15 is 0 Å². The SMILES string of the molecule is Cc1cccc(NC(=O)C(C)(C)C(=O)NCCCN(C)C)c1. The van der Waals surface area contributed by atoms with Crippen molar-refractivity contribution in [1.82, 2.24) is 10.2 Å². The van der Waals surface area contributed by atoms with Crippen LogP contribution >= 0.6 is 0 Å². The van der Waals surface area contributed by atoms with E-state index in [4.69, 9.17) is 0 Å². The monoisotopic (exact) mass is 305 g/mol. The minimum Gasteiger partial charge on any atom is -0.355 e. The van der Waals surface area contributed by atoms with E-state index in [9.17, 15) is 9.59 Å². The van der Waals surface area contributed by atoms with Crippen molar-refractivity contribution in [3.63, 3.8) is 0 Å². The molecule has 0 heterocycles. The van der Waals surface area contributed by atoms with Crippen molar-refractivity contribution in [1.29, 1.82) is 0 Å². The number of amides is 2. The zero-order chi connectivity index (χ0) is 16.8. The van der Waals surface area contributed by atoms with Crippen molar-refractivity contribution in [2.45, 2.75) is 27.2 Å². The molecule has 0 bridgehead atoms. The number of benzene rings is 1. The smallest absolute Gasteiger partial charge is 0.239 e. The van der Waals surface area contributed by atoms with Gasteiger partial charge in [-0.2, -0.15) is 0 Å². The van der Waals surface area contributed by atoms with Gasteiger partial charge in [-0.15, -0.1) is 0 Å². The number of nitrogens with one attached hydrogen (secondary N) is 2. The van der Waals surface area contributed by atoms with Crippen LogP contribution in [0.15, 0.2) is 24.3 Å². The molecule has 0 aliphatic rings. The number of anilines is 1. The van der Waals surface area contributed by atoms with Crippen LogP contribution in [-0.2, 0) is 9.59 Å². The first-order chi connectivity index (χ1) is 10.2. The molecule has 5 heteroatoms. The highest BCUT2D eigenvalue weighted by atomic mass is 16.2. The Morgan fingerprint density at radius 3 is 2.45 bits per heavy atom. The van der Waals surface area contributed by atoms with Crippen LogP contribution in [-0.4, -0.2) is 43.9 Å². The number of hydrogen-bond donors (Lipinski definition) is 2. The lowest BCUT2D eigenvalue weighted by Crippen LogP contribution is -2.45. The summed E-state index contributed by atoms with van der Waals surface area (Å²) in [5.74, 6) is -0.556. The second kappa shape index (κ2) is 7.94. The van der Waals surface area contributed by atoms with Gasteiger partial charge in [0.05, 0.1) is 0 Å². The van der Waals surface area contributed by atoms with Crippen LogP contribution in [0.4, 0.5) is 5.69 Å². The third-order valence-corrected chi connectivity index (χ3v) is 3.48. The summed E-state index contributed by atoms with van der Waals surface area (Å²) >= 11 is 0. The topological polar surface area (TPSA) is 61.4 Å². The maximum Gasteiger partial charge on any atom is 0.239 e. The molecule has 1 aromatic carbocycles. The second-order valence-corrected chi connectivity index (χ2v) is 6.36. The van der Waals surface area contributed by atoms with E-state index in [1.807, 2.05) is 45.3 Å². The molecule has 0 aromatic heterocycles. The maximum atomic E-state index is 12.3. The number of aryl methyl sites for hydroxylation is 1. The van der Waals surface area contributed by atoms with Gasteiger partial charge in [-0.25, -0.2) is 0 Å². The molecule has 0 saturated carbocycles. The number of nitrogens with zero attached hydrogens (tertiary/aromatic N) is 1. The van der Waals surface area contributed by atoms with Crippen LogP contribution in [0.25, 0.3) is 0 Å². The van der Waals surface area contributed by atoms with Gasteiger partial charge in [-0.3, -0.25) is 9.59 Å². The fourth-order valence-electron chi connectivity index (χ4n) is 1.93. The average Bonchev–Trinajstić information content (AvgIpc) is 2.43. The fraction of sp³-hybridized carbons (Fsp3) is 0.529. The molecule has 1 rings (SSSR count). The van der Waals surface area contributed by atoms with E-state index in [1.54, 1.807) is 13.8 Å². The Morgan fingerprint density at radius 1 is 1.18 bits per heavy atom. The molecule has 0 aliphatic heterocycles. The largest absolute Gasteiger partial charge is 0.355 e. The Bertz CT molecular complexity index is 524. The number of carbonyl (C=O) groups excluding carboxylic acids is 2. The molecule has 2 N–H and O–H groups in total. The quantitative estimate of drug-likeness (QED) is 0.598. The number of rotatable bonds is 7. The normalized spacial score (nSPS) is 11.4. The van der Waals surface area contributed by atoms with E-state index in [0.717, 1.165) is 18.5 Å². The minimum atomic E-state index is -1.11. The predicted octanol–water partition coefficient (Wildman–Crippen LogP) is 2.03. The molecule has 1 aromatic rings. The van der Waals surface area contributed by atoms with Gasteiger partial charge in [-0.1, -0.05) is 12.1 Å². The van der Waals surface area contributed by atoms with Crippen molar-refractivity contribution < 1.29 is 9.59 Å². The zero-order valence-electron chi connectivity index (χ0n) is 14.2. The summed E-state index contributed by atoms with van der Waals surface area (Å²) in [6.07, 6.45) is 0.855. The standard InChI is InChI=1S/C17H27N3O2/c1-13-8-6-9-14(12-13)19-16(22)17(2,3)15(21)18-10-7-11-20(4)5/h6,8-9,12H,7,10-11H2,1-5H3,(H,18,21)(H,19,22). The van der Waals surface area contributed by atoms with Gasteiger partial charge in [0.15, 0.2) is 0 Å². The van der Waals surface area contributed by atoms with E-state index in [2.05, 4.69) is 15.5 Å². The summed E-state index contributed by atoms with van der Waals surface area (Å²) in [5.41, 5.74) is 0.657. The summed E-state index contributed by atoms with van der Waals surface area (Å²) in [7, 11) is 3.97. The van der Waals surface area contributed by atoms with Gasteiger partial charge >= 0.3 is 0 Å². The average molecular weight is 305 g/mol. The second-order valence-electron chi connectivity index (χ2n) is 6.36. The first kappa shape index (κ1) is 18.2. The Hall–Kier alpha value is -1.88. The van der Waals surface area contributed by atoms with Gasteiger partial charge in [-0.05, 0) is 65.5 Å². The summed E-state index contributed by atoms with van der Waals surface area (Å²) in [6.45, 7) is 6.70. The Labute approximate surface area is 133 Å². The van der Waals surface area contributed by atoms with Gasteiger partial charge in [0.2, 0.25) is 11.8 Å². The van der Waals surface area contributed by atoms with Crippen LogP contribution < -0.4 is 10.6 Å². The third kappa shape index (κ3) is 5.48. The first-order valence-electron chi connectivity index (χ1n) is 7.54. The molecular formula is C17H27N3O2. The number of hydrogen-bond acceptors (Lipinski definition) is 3. The van der Waals surface area contributed by atoms with Gasteiger partial charge in [0.25, 0.3) is 0 Å². The van der Waals surface area contributed by atoms with Crippen molar-refractivity contribution >= 4 is 17.5 Å². The molecule has 0 fully saturated rings. The first-order valence-corrected chi connectivity index (χ1v) is 7.54. The summed E-state index contributed by atoms with van der Waals surface area (Å²) in [5, 5.41) is 5.63. The number of carbonyl (C=O) groups is 2. The summed E-state index contributed by atoms with van der Waals surface area (Å²) in [4.78, 5) is 26.6. The molecule has 0 spiro atoms. The van der Waals surface area contributed by atoms with Crippen molar-refractivity contribution in [3.8, 4) is 0 Å². The van der Waals surface area contributed by atoms with E-state index in [0.29, 0.717) is 12.2 Å². The molecule has 0 atom stereocenters. The molecule has 2 amide bonds.